The summed E-state index contributed by atoms with van der Waals surface area (Å²) >= 11 is 1.89. The van der Waals surface area contributed by atoms with Crippen molar-refractivity contribution >= 4 is 85.9 Å². The molecule has 3 heteroatoms. The molecule has 0 saturated carbocycles. The molecule has 0 N–H and O–H groups in total. The molecule has 200 valence electrons. The van der Waals surface area contributed by atoms with E-state index in [4.69, 9.17) is 0 Å². The van der Waals surface area contributed by atoms with E-state index in [9.17, 15) is 0 Å². The molecule has 0 saturated heterocycles. The number of para-hydroxylation sites is 3. The van der Waals surface area contributed by atoms with Crippen molar-refractivity contribution < 1.29 is 0 Å². The first-order valence-corrected chi connectivity index (χ1v) is 15.5. The van der Waals surface area contributed by atoms with Crippen LogP contribution < -0.4 is 0 Å². The van der Waals surface area contributed by atoms with Gasteiger partial charge in [-0.2, -0.15) is 0 Å². The number of hydrogen-bond donors (Lipinski definition) is 0. The first kappa shape index (κ1) is 23.2. The molecule has 0 aliphatic carbocycles. The molecule has 0 aliphatic heterocycles. The lowest BCUT2D eigenvalue weighted by atomic mass is 10.1. The monoisotopic (exact) mass is 564 g/mol. The first-order chi connectivity index (χ1) is 21.3. The zero-order valence-corrected chi connectivity index (χ0v) is 24.0. The molecule has 0 radical (unpaired) electrons. The van der Waals surface area contributed by atoms with E-state index in [1.54, 1.807) is 0 Å². The van der Waals surface area contributed by atoms with Gasteiger partial charge in [-0.1, -0.05) is 84.9 Å². The summed E-state index contributed by atoms with van der Waals surface area (Å²) in [4.78, 5) is 0. The van der Waals surface area contributed by atoms with Gasteiger partial charge < -0.3 is 9.13 Å². The van der Waals surface area contributed by atoms with E-state index in [1.165, 1.54) is 85.9 Å². The molecule has 3 aromatic heterocycles. The average Bonchev–Trinajstić information content (AvgIpc) is 3.69. The van der Waals surface area contributed by atoms with Gasteiger partial charge in [0.25, 0.3) is 0 Å². The smallest absolute Gasteiger partial charge is 0.0562 e. The molecule has 10 rings (SSSR count). The second-order valence-electron chi connectivity index (χ2n) is 11.4. The molecule has 0 bridgehead atoms. The van der Waals surface area contributed by atoms with Gasteiger partial charge >= 0.3 is 0 Å². The van der Waals surface area contributed by atoms with Gasteiger partial charge in [0.1, 0.15) is 0 Å². The summed E-state index contributed by atoms with van der Waals surface area (Å²) < 4.78 is 7.51. The topological polar surface area (TPSA) is 9.86 Å². The Morgan fingerprint density at radius 2 is 0.907 bits per heavy atom. The van der Waals surface area contributed by atoms with Crippen molar-refractivity contribution in [2.24, 2.45) is 0 Å². The van der Waals surface area contributed by atoms with Crippen molar-refractivity contribution in [3.05, 3.63) is 146 Å². The van der Waals surface area contributed by atoms with Crippen LogP contribution in [0.1, 0.15) is 0 Å². The van der Waals surface area contributed by atoms with Gasteiger partial charge in [-0.25, -0.2) is 0 Å². The Morgan fingerprint density at radius 3 is 1.63 bits per heavy atom. The van der Waals surface area contributed by atoms with Gasteiger partial charge in [0.05, 0.1) is 22.1 Å². The van der Waals surface area contributed by atoms with Crippen LogP contribution in [-0.2, 0) is 0 Å². The fraction of sp³-hybridized carbons (Fsp3) is 0. The van der Waals surface area contributed by atoms with Crippen LogP contribution in [0.2, 0.25) is 0 Å². The van der Waals surface area contributed by atoms with Gasteiger partial charge in [-0.3, -0.25) is 0 Å². The predicted octanol–water partition coefficient (Wildman–Crippen LogP) is 11.4. The summed E-state index contributed by atoms with van der Waals surface area (Å²) in [5.74, 6) is 0. The summed E-state index contributed by atoms with van der Waals surface area (Å²) in [6.07, 6.45) is 0. The van der Waals surface area contributed by atoms with Crippen LogP contribution in [0.4, 0.5) is 0 Å². The van der Waals surface area contributed by atoms with E-state index in [0.29, 0.717) is 0 Å². The van der Waals surface area contributed by atoms with Gasteiger partial charge in [0.2, 0.25) is 0 Å². The van der Waals surface area contributed by atoms with Gasteiger partial charge in [-0.05, 0) is 71.4 Å². The fourth-order valence-electron chi connectivity index (χ4n) is 7.15. The summed E-state index contributed by atoms with van der Waals surface area (Å²) in [6.45, 7) is 0. The molecule has 0 atom stereocenters. The Morgan fingerprint density at radius 1 is 0.326 bits per heavy atom. The number of aromatic nitrogens is 2. The third kappa shape index (κ3) is 3.23. The number of thiophene rings is 1. The second kappa shape index (κ2) is 8.57. The Bertz CT molecular complexity index is 2720. The third-order valence-electron chi connectivity index (χ3n) is 9.06. The molecular formula is C40H24N2S. The third-order valence-corrected chi connectivity index (χ3v) is 10.2. The van der Waals surface area contributed by atoms with Crippen molar-refractivity contribution in [3.63, 3.8) is 0 Å². The fourth-order valence-corrected chi connectivity index (χ4v) is 8.32. The maximum atomic E-state index is 2.46. The van der Waals surface area contributed by atoms with Crippen LogP contribution >= 0.6 is 11.3 Å². The molecule has 0 fully saturated rings. The summed E-state index contributed by atoms with van der Waals surface area (Å²) in [5.41, 5.74) is 7.27. The normalized spacial score (nSPS) is 12.2. The minimum Gasteiger partial charge on any atom is -0.309 e. The highest BCUT2D eigenvalue weighted by atomic mass is 32.1. The number of rotatable bonds is 2. The van der Waals surface area contributed by atoms with Gasteiger partial charge in [0.15, 0.2) is 0 Å². The first-order valence-electron chi connectivity index (χ1n) is 14.7. The summed E-state index contributed by atoms with van der Waals surface area (Å²) in [7, 11) is 0. The van der Waals surface area contributed by atoms with Crippen LogP contribution in [0.3, 0.4) is 0 Å². The highest BCUT2D eigenvalue weighted by Crippen LogP contribution is 2.41. The average molecular weight is 565 g/mol. The highest BCUT2D eigenvalue weighted by molar-refractivity contribution is 7.25. The van der Waals surface area contributed by atoms with E-state index in [-0.39, 0.29) is 0 Å². The molecule has 0 spiro atoms. The van der Waals surface area contributed by atoms with Crippen molar-refractivity contribution in [1.82, 2.24) is 9.13 Å². The Kier molecular flexibility index (Phi) is 4.63. The van der Waals surface area contributed by atoms with Crippen molar-refractivity contribution in [2.75, 3.05) is 0 Å². The maximum Gasteiger partial charge on any atom is 0.0562 e. The number of fused-ring (bicyclic) bond motifs is 10. The maximum absolute atomic E-state index is 2.46. The molecule has 0 aliphatic rings. The molecule has 7 aromatic carbocycles. The van der Waals surface area contributed by atoms with Gasteiger partial charge in [-0.15, -0.1) is 11.3 Å². The minimum atomic E-state index is 1.18. The molecule has 10 aromatic rings. The number of benzene rings is 7. The van der Waals surface area contributed by atoms with Crippen LogP contribution in [0, 0.1) is 0 Å². The van der Waals surface area contributed by atoms with Crippen LogP contribution in [0.25, 0.3) is 85.9 Å². The zero-order chi connectivity index (χ0) is 28.1. The molecule has 0 unspecified atom stereocenters. The van der Waals surface area contributed by atoms with E-state index in [2.05, 4.69) is 155 Å². The van der Waals surface area contributed by atoms with E-state index >= 15 is 0 Å². The summed E-state index contributed by atoms with van der Waals surface area (Å²) in [5, 5.41) is 10.4. The highest BCUT2D eigenvalue weighted by Gasteiger charge is 2.19. The Balaban J connectivity index is 1.30. The minimum absolute atomic E-state index is 1.18. The van der Waals surface area contributed by atoms with Crippen molar-refractivity contribution in [1.29, 1.82) is 0 Å². The SMILES string of the molecule is c1ccc(-n2c3ccccc3c3cc4c5ccccc5n(-c5ccc6c(c5)sc5cc7ccccc7cc56)c4cc32)cc1. The molecule has 3 heterocycles. The number of hydrogen-bond acceptors (Lipinski definition) is 1. The summed E-state index contributed by atoms with van der Waals surface area (Å²) in [6, 6.07) is 53.5. The van der Waals surface area contributed by atoms with E-state index in [1.807, 2.05) is 11.3 Å². The van der Waals surface area contributed by atoms with Crippen LogP contribution in [0.15, 0.2) is 146 Å². The second-order valence-corrected chi connectivity index (χ2v) is 12.5. The zero-order valence-electron chi connectivity index (χ0n) is 23.2. The molecule has 0 amide bonds. The van der Waals surface area contributed by atoms with Crippen molar-refractivity contribution in [2.45, 2.75) is 0 Å². The number of nitrogens with zero attached hydrogens (tertiary/aromatic N) is 2. The Labute approximate surface area is 251 Å². The van der Waals surface area contributed by atoms with Gasteiger partial charge in [0, 0.05) is 53.1 Å². The molecule has 2 nitrogen and oxygen atoms in total. The molecular weight excluding hydrogens is 541 g/mol. The Hall–Kier alpha value is -5.38. The van der Waals surface area contributed by atoms with Crippen LogP contribution in [-0.4, -0.2) is 9.13 Å². The lowest BCUT2D eigenvalue weighted by Gasteiger charge is -2.10. The quantitative estimate of drug-likeness (QED) is 0.198. The lowest BCUT2D eigenvalue weighted by molar-refractivity contribution is 1.17. The lowest BCUT2D eigenvalue weighted by Crippen LogP contribution is -1.95. The van der Waals surface area contributed by atoms with E-state index in [0.717, 1.165) is 0 Å². The van der Waals surface area contributed by atoms with Crippen molar-refractivity contribution in [3.8, 4) is 11.4 Å². The molecule has 43 heavy (non-hydrogen) atoms. The largest absolute Gasteiger partial charge is 0.309 e. The van der Waals surface area contributed by atoms with E-state index < -0.39 is 0 Å². The predicted molar refractivity (Wildman–Crippen MR) is 186 cm³/mol. The van der Waals surface area contributed by atoms with Crippen LogP contribution in [0.5, 0.6) is 0 Å². The standard InChI is InChI=1S/C40H24N2S/c1-2-12-27(13-3-1)41-35-16-8-6-14-29(35)32-23-33-30-15-7-9-17-36(30)42(38(33)24-37(32)41)28-18-19-31-34-20-25-10-4-5-11-26(25)21-39(34)43-40(31)22-28/h1-24H.